The average molecular weight is 271 g/mol. The fourth-order valence-electron chi connectivity index (χ4n) is 1.99. The van der Waals surface area contributed by atoms with Crippen LogP contribution in [0.5, 0.6) is 0 Å². The summed E-state index contributed by atoms with van der Waals surface area (Å²) >= 11 is 0. The van der Waals surface area contributed by atoms with Crippen molar-refractivity contribution in [1.82, 2.24) is 5.32 Å². The minimum atomic E-state index is -0.609. The third kappa shape index (κ3) is 4.89. The maximum Gasteiger partial charge on any atom is 0.408 e. The van der Waals surface area contributed by atoms with Crippen molar-refractivity contribution in [3.05, 3.63) is 0 Å². The summed E-state index contributed by atoms with van der Waals surface area (Å²) in [7, 11) is 1.30. The highest BCUT2D eigenvalue weighted by Crippen LogP contribution is 2.23. The zero-order valence-electron chi connectivity index (χ0n) is 11.8. The van der Waals surface area contributed by atoms with E-state index in [1.165, 1.54) is 7.11 Å². The van der Waals surface area contributed by atoms with E-state index in [0.717, 1.165) is 0 Å². The van der Waals surface area contributed by atoms with E-state index in [4.69, 9.17) is 4.74 Å². The fraction of sp³-hybridized carbons (Fsp3) is 0.769. The Morgan fingerprint density at radius 3 is 2.37 bits per heavy atom. The molecule has 0 unspecified atom stereocenters. The average Bonchev–Trinajstić information content (AvgIpc) is 2.28. The maximum atomic E-state index is 11.8. The van der Waals surface area contributed by atoms with E-state index in [1.807, 2.05) is 0 Å². The number of methoxy groups -OCH3 is 1. The molecule has 0 saturated heterocycles. The first-order valence-electron chi connectivity index (χ1n) is 6.33. The molecule has 6 heteroatoms. The van der Waals surface area contributed by atoms with Crippen LogP contribution in [0.15, 0.2) is 0 Å². The molecule has 19 heavy (non-hydrogen) atoms. The molecule has 1 N–H and O–H groups in total. The van der Waals surface area contributed by atoms with Gasteiger partial charge in [-0.25, -0.2) is 4.79 Å². The van der Waals surface area contributed by atoms with Crippen LogP contribution in [-0.4, -0.2) is 36.6 Å². The smallest absolute Gasteiger partial charge is 0.408 e. The quantitative estimate of drug-likeness (QED) is 0.768. The normalized spacial score (nSPS) is 23.7. The van der Waals surface area contributed by atoms with Gasteiger partial charge in [0.15, 0.2) is 5.78 Å². The summed E-state index contributed by atoms with van der Waals surface area (Å²) in [6.45, 7) is 5.26. The highest BCUT2D eigenvalue weighted by molar-refractivity contribution is 5.91. The predicted molar refractivity (Wildman–Crippen MR) is 67.5 cm³/mol. The van der Waals surface area contributed by atoms with Gasteiger partial charge in [-0.05, 0) is 33.6 Å². The summed E-state index contributed by atoms with van der Waals surface area (Å²) in [6, 6.07) is -0.573. The second kappa shape index (κ2) is 6.04. The summed E-state index contributed by atoms with van der Waals surface area (Å²) in [5, 5.41) is 2.54. The molecule has 0 aromatic carbocycles. The molecule has 0 aliphatic heterocycles. The summed E-state index contributed by atoms with van der Waals surface area (Å²) in [4.78, 5) is 34.8. The van der Waals surface area contributed by atoms with E-state index in [1.54, 1.807) is 20.8 Å². The summed E-state index contributed by atoms with van der Waals surface area (Å²) < 4.78 is 9.71. The minimum absolute atomic E-state index is 0.104. The second-order valence-corrected chi connectivity index (χ2v) is 5.67. The molecule has 1 amide bonds. The van der Waals surface area contributed by atoms with Crippen LogP contribution in [0.25, 0.3) is 0 Å². The molecule has 2 atom stereocenters. The van der Waals surface area contributed by atoms with Gasteiger partial charge in [0.1, 0.15) is 5.60 Å². The molecule has 1 aliphatic rings. The number of amides is 1. The lowest BCUT2D eigenvalue weighted by molar-refractivity contribution is -0.149. The predicted octanol–water partition coefficient (Wildman–Crippen LogP) is 1.42. The van der Waals surface area contributed by atoms with Crippen LogP contribution in [0, 0.1) is 5.92 Å². The molecule has 0 heterocycles. The largest absolute Gasteiger partial charge is 0.469 e. The molecular weight excluding hydrogens is 250 g/mol. The Labute approximate surface area is 112 Å². The van der Waals surface area contributed by atoms with Crippen molar-refractivity contribution in [2.75, 3.05) is 7.11 Å². The summed E-state index contributed by atoms with van der Waals surface area (Å²) in [5.74, 6) is -0.925. The van der Waals surface area contributed by atoms with Gasteiger partial charge in [-0.3, -0.25) is 9.59 Å². The van der Waals surface area contributed by atoms with Gasteiger partial charge >= 0.3 is 12.1 Å². The van der Waals surface area contributed by atoms with Crippen molar-refractivity contribution >= 4 is 17.8 Å². The van der Waals surface area contributed by atoms with Gasteiger partial charge in [0, 0.05) is 6.42 Å². The van der Waals surface area contributed by atoms with Gasteiger partial charge in [-0.2, -0.15) is 0 Å². The molecule has 0 bridgehead atoms. The monoisotopic (exact) mass is 271 g/mol. The highest BCUT2D eigenvalue weighted by atomic mass is 16.6. The number of hydrogen-bond donors (Lipinski definition) is 1. The zero-order chi connectivity index (χ0) is 14.6. The van der Waals surface area contributed by atoms with Gasteiger partial charge in [0.05, 0.1) is 19.1 Å². The van der Waals surface area contributed by atoms with Crippen LogP contribution in [0.4, 0.5) is 4.79 Å². The van der Waals surface area contributed by atoms with E-state index in [-0.39, 0.29) is 18.2 Å². The lowest BCUT2D eigenvalue weighted by Gasteiger charge is -2.27. The van der Waals surface area contributed by atoms with Crippen LogP contribution < -0.4 is 5.32 Å². The molecule has 0 radical (unpaired) electrons. The van der Waals surface area contributed by atoms with Crippen molar-refractivity contribution in [2.24, 2.45) is 5.92 Å². The van der Waals surface area contributed by atoms with Crippen molar-refractivity contribution in [2.45, 2.75) is 51.7 Å². The topological polar surface area (TPSA) is 81.7 Å². The number of Topliss-reactive ketones (excluding diaryl/α,β-unsaturated/α-hetero) is 1. The first-order valence-corrected chi connectivity index (χ1v) is 6.33. The van der Waals surface area contributed by atoms with Crippen molar-refractivity contribution in [3.8, 4) is 0 Å². The number of hydrogen-bond acceptors (Lipinski definition) is 5. The third-order valence-corrected chi connectivity index (χ3v) is 2.87. The van der Waals surface area contributed by atoms with Gasteiger partial charge < -0.3 is 14.8 Å². The maximum absolute atomic E-state index is 11.8. The molecule has 0 spiro atoms. The lowest BCUT2D eigenvalue weighted by atomic mass is 9.85. The number of esters is 1. The Hall–Kier alpha value is -1.59. The highest BCUT2D eigenvalue weighted by Gasteiger charge is 2.34. The number of ketones is 1. The fourth-order valence-corrected chi connectivity index (χ4v) is 1.99. The van der Waals surface area contributed by atoms with Crippen molar-refractivity contribution in [3.63, 3.8) is 0 Å². The van der Waals surface area contributed by atoms with E-state index >= 15 is 0 Å². The number of carbonyl (C=O) groups excluding carboxylic acids is 3. The van der Waals surface area contributed by atoms with Crippen LogP contribution in [0.2, 0.25) is 0 Å². The summed E-state index contributed by atoms with van der Waals surface area (Å²) in [5.41, 5.74) is -0.601. The zero-order valence-corrected chi connectivity index (χ0v) is 11.8. The minimum Gasteiger partial charge on any atom is -0.469 e. The number of alkyl carbamates (subject to hydrolysis) is 1. The molecular formula is C13H21NO5. The Morgan fingerprint density at radius 1 is 1.26 bits per heavy atom. The van der Waals surface area contributed by atoms with Crippen molar-refractivity contribution < 1.29 is 23.9 Å². The molecule has 0 aromatic rings. The Kier molecular flexibility index (Phi) is 4.91. The first kappa shape index (κ1) is 15.5. The van der Waals surface area contributed by atoms with E-state index in [9.17, 15) is 14.4 Å². The van der Waals surface area contributed by atoms with Crippen molar-refractivity contribution in [1.29, 1.82) is 0 Å². The number of carbonyl (C=O) groups is 3. The van der Waals surface area contributed by atoms with Gasteiger partial charge in [0.25, 0.3) is 0 Å². The first-order chi connectivity index (χ1) is 8.73. The van der Waals surface area contributed by atoms with E-state index in [2.05, 4.69) is 10.1 Å². The Bertz CT molecular complexity index is 372. The van der Waals surface area contributed by atoms with E-state index < -0.39 is 23.7 Å². The molecule has 108 valence electrons. The third-order valence-electron chi connectivity index (χ3n) is 2.87. The van der Waals surface area contributed by atoms with E-state index in [0.29, 0.717) is 12.8 Å². The number of nitrogens with one attached hydrogen (secondary N) is 1. The van der Waals surface area contributed by atoms with Crippen LogP contribution in [-0.2, 0) is 19.1 Å². The standard InChI is InChI=1S/C13H21NO5/c1-13(2,3)19-12(17)14-9-6-5-8(7-10(9)15)11(16)18-4/h8-9H,5-7H2,1-4H3,(H,14,17)/t8-,9+/m0/s1. The van der Waals surface area contributed by atoms with Crippen LogP contribution >= 0.6 is 0 Å². The SMILES string of the molecule is COC(=O)[C@H]1CC[C@@H](NC(=O)OC(C)(C)C)C(=O)C1. The molecule has 0 aromatic heterocycles. The Morgan fingerprint density at radius 2 is 1.89 bits per heavy atom. The summed E-state index contributed by atoms with van der Waals surface area (Å²) in [6.07, 6.45) is 0.450. The molecule has 1 saturated carbocycles. The lowest BCUT2D eigenvalue weighted by Crippen LogP contribution is -2.46. The molecule has 1 rings (SSSR count). The molecule has 6 nitrogen and oxygen atoms in total. The molecule has 1 fully saturated rings. The van der Waals surface area contributed by atoms with Crippen LogP contribution in [0.3, 0.4) is 0 Å². The molecule has 1 aliphatic carbocycles. The van der Waals surface area contributed by atoms with Crippen LogP contribution in [0.1, 0.15) is 40.0 Å². The second-order valence-electron chi connectivity index (χ2n) is 5.67. The number of rotatable bonds is 2. The van der Waals surface area contributed by atoms with Gasteiger partial charge in [0.2, 0.25) is 0 Å². The number of ether oxygens (including phenoxy) is 2. The van der Waals surface area contributed by atoms with Gasteiger partial charge in [-0.15, -0.1) is 0 Å². The van der Waals surface area contributed by atoms with Gasteiger partial charge in [-0.1, -0.05) is 0 Å². The Balaban J connectivity index is 2.48.